The van der Waals surface area contributed by atoms with Crippen molar-refractivity contribution in [2.45, 2.75) is 44.9 Å². The average Bonchev–Trinajstić information content (AvgIpc) is 2.47. The maximum atomic E-state index is 9.41. The summed E-state index contributed by atoms with van der Waals surface area (Å²) in [6, 6.07) is 7.54. The third-order valence-electron chi connectivity index (χ3n) is 3.30. The number of halogens is 1. The zero-order valence-corrected chi connectivity index (χ0v) is 12.4. The largest absolute Gasteiger partial charge is 0.394 e. The van der Waals surface area contributed by atoms with Gasteiger partial charge in [-0.1, -0.05) is 43.1 Å². The van der Waals surface area contributed by atoms with E-state index in [1.807, 2.05) is 24.3 Å². The maximum Gasteiger partial charge on any atom is 0.158 e. The van der Waals surface area contributed by atoms with Gasteiger partial charge in [-0.15, -0.1) is 0 Å². The van der Waals surface area contributed by atoms with E-state index < -0.39 is 0 Å². The molecule has 0 spiro atoms. The molecule has 1 saturated heterocycles. The summed E-state index contributed by atoms with van der Waals surface area (Å²) in [5.74, 6) is 0. The predicted octanol–water partition coefficient (Wildman–Crippen LogP) is 2.76. The van der Waals surface area contributed by atoms with Gasteiger partial charge in [0, 0.05) is 5.02 Å². The van der Waals surface area contributed by atoms with Gasteiger partial charge in [-0.2, -0.15) is 0 Å². The minimum Gasteiger partial charge on any atom is -0.394 e. The lowest BCUT2D eigenvalue weighted by molar-refractivity contribution is -0.270. The molecule has 112 valence electrons. The van der Waals surface area contributed by atoms with Gasteiger partial charge in [0.2, 0.25) is 0 Å². The second kappa shape index (κ2) is 7.96. The van der Waals surface area contributed by atoms with E-state index in [1.165, 1.54) is 0 Å². The quantitative estimate of drug-likeness (QED) is 0.877. The smallest absolute Gasteiger partial charge is 0.158 e. The summed E-state index contributed by atoms with van der Waals surface area (Å²) in [5, 5.41) is 10.1. The van der Waals surface area contributed by atoms with Crippen molar-refractivity contribution in [3.8, 4) is 0 Å². The highest BCUT2D eigenvalue weighted by atomic mass is 35.5. The van der Waals surface area contributed by atoms with Crippen LogP contribution in [0.25, 0.3) is 0 Å². The zero-order valence-electron chi connectivity index (χ0n) is 11.6. The van der Waals surface area contributed by atoms with Crippen molar-refractivity contribution in [3.05, 3.63) is 34.9 Å². The SMILES string of the molecule is CCC[C@H]1OC[C@@H](OCc2ccccc2Cl)[C@@H](CO)O1. The molecule has 1 N–H and O–H groups in total. The first-order chi connectivity index (χ1) is 9.74. The molecule has 0 radical (unpaired) electrons. The topological polar surface area (TPSA) is 47.9 Å². The molecule has 0 aromatic heterocycles. The monoisotopic (exact) mass is 300 g/mol. The number of hydrogen-bond acceptors (Lipinski definition) is 4. The highest BCUT2D eigenvalue weighted by molar-refractivity contribution is 6.31. The van der Waals surface area contributed by atoms with E-state index in [4.69, 9.17) is 25.8 Å². The molecule has 3 atom stereocenters. The van der Waals surface area contributed by atoms with Crippen molar-refractivity contribution in [2.75, 3.05) is 13.2 Å². The van der Waals surface area contributed by atoms with E-state index in [9.17, 15) is 5.11 Å². The molecule has 1 aromatic carbocycles. The third-order valence-corrected chi connectivity index (χ3v) is 3.67. The normalized spacial score (nSPS) is 26.6. The Balaban J connectivity index is 1.88. The molecule has 1 aromatic rings. The minimum atomic E-state index is -0.345. The Morgan fingerprint density at radius 1 is 1.40 bits per heavy atom. The van der Waals surface area contributed by atoms with Crippen LogP contribution in [0.2, 0.25) is 5.02 Å². The van der Waals surface area contributed by atoms with Crippen LogP contribution >= 0.6 is 11.6 Å². The molecule has 0 unspecified atom stereocenters. The van der Waals surface area contributed by atoms with E-state index in [-0.39, 0.29) is 25.1 Å². The highest BCUT2D eigenvalue weighted by Gasteiger charge is 2.31. The number of benzene rings is 1. The van der Waals surface area contributed by atoms with Crippen LogP contribution in [0.15, 0.2) is 24.3 Å². The van der Waals surface area contributed by atoms with Crippen molar-refractivity contribution >= 4 is 11.6 Å². The van der Waals surface area contributed by atoms with Gasteiger partial charge in [-0.3, -0.25) is 0 Å². The molecule has 20 heavy (non-hydrogen) atoms. The van der Waals surface area contributed by atoms with E-state index in [2.05, 4.69) is 6.92 Å². The van der Waals surface area contributed by atoms with Crippen LogP contribution in [0.1, 0.15) is 25.3 Å². The minimum absolute atomic E-state index is 0.0727. The lowest BCUT2D eigenvalue weighted by Crippen LogP contribution is -2.46. The molecular formula is C15H21ClO4. The Hall–Kier alpha value is -0.650. The third kappa shape index (κ3) is 4.17. The maximum absolute atomic E-state index is 9.41. The first kappa shape index (κ1) is 15.7. The van der Waals surface area contributed by atoms with Gasteiger partial charge in [0.1, 0.15) is 12.2 Å². The van der Waals surface area contributed by atoms with Gasteiger partial charge in [0.05, 0.1) is 19.8 Å². The zero-order chi connectivity index (χ0) is 14.4. The lowest BCUT2D eigenvalue weighted by atomic mass is 10.2. The van der Waals surface area contributed by atoms with Crippen LogP contribution in [0.3, 0.4) is 0 Å². The molecular weight excluding hydrogens is 280 g/mol. The van der Waals surface area contributed by atoms with Gasteiger partial charge in [-0.05, 0) is 18.1 Å². The summed E-state index contributed by atoms with van der Waals surface area (Å²) in [6.07, 6.45) is 0.950. The fraction of sp³-hybridized carbons (Fsp3) is 0.600. The summed E-state index contributed by atoms with van der Waals surface area (Å²) < 4.78 is 17.1. The molecule has 0 bridgehead atoms. The molecule has 5 heteroatoms. The van der Waals surface area contributed by atoms with E-state index in [0.29, 0.717) is 18.2 Å². The summed E-state index contributed by atoms with van der Waals surface area (Å²) in [5.41, 5.74) is 0.918. The van der Waals surface area contributed by atoms with Crippen LogP contribution in [-0.4, -0.2) is 36.8 Å². The van der Waals surface area contributed by atoms with Crippen LogP contribution in [0.5, 0.6) is 0 Å². The first-order valence-electron chi connectivity index (χ1n) is 6.97. The van der Waals surface area contributed by atoms with Gasteiger partial charge < -0.3 is 19.3 Å². The van der Waals surface area contributed by atoms with Crippen molar-refractivity contribution in [2.24, 2.45) is 0 Å². The van der Waals surface area contributed by atoms with Gasteiger partial charge >= 0.3 is 0 Å². The standard InChI is InChI=1S/C15H21ClO4/c1-2-5-15-19-10-14(13(8-17)20-15)18-9-11-6-3-4-7-12(11)16/h3-4,6-7,13-15,17H,2,5,8-10H2,1H3/t13-,14-,15+/m1/s1. The Kier molecular flexibility index (Phi) is 6.26. The average molecular weight is 301 g/mol. The Labute approximate surface area is 124 Å². The molecule has 0 amide bonds. The number of aliphatic hydroxyl groups is 1. The molecule has 1 fully saturated rings. The molecule has 1 aliphatic heterocycles. The van der Waals surface area contributed by atoms with Crippen LogP contribution in [0.4, 0.5) is 0 Å². The number of ether oxygens (including phenoxy) is 3. The predicted molar refractivity (Wildman–Crippen MR) is 76.6 cm³/mol. The fourth-order valence-corrected chi connectivity index (χ4v) is 2.34. The highest BCUT2D eigenvalue weighted by Crippen LogP contribution is 2.22. The number of aliphatic hydroxyl groups excluding tert-OH is 1. The van der Waals surface area contributed by atoms with Crippen molar-refractivity contribution in [3.63, 3.8) is 0 Å². The first-order valence-corrected chi connectivity index (χ1v) is 7.35. The van der Waals surface area contributed by atoms with E-state index in [0.717, 1.165) is 18.4 Å². The van der Waals surface area contributed by atoms with Gasteiger partial charge in [0.25, 0.3) is 0 Å². The summed E-state index contributed by atoms with van der Waals surface area (Å²) in [6.45, 7) is 2.81. The van der Waals surface area contributed by atoms with Crippen LogP contribution in [0, 0.1) is 0 Å². The lowest BCUT2D eigenvalue weighted by Gasteiger charge is -2.35. The number of hydrogen-bond donors (Lipinski definition) is 1. The second-order valence-corrected chi connectivity index (χ2v) is 5.26. The molecule has 1 aliphatic rings. The van der Waals surface area contributed by atoms with E-state index >= 15 is 0 Å². The Morgan fingerprint density at radius 3 is 2.90 bits per heavy atom. The number of rotatable bonds is 6. The molecule has 2 rings (SSSR count). The molecule has 4 nitrogen and oxygen atoms in total. The summed E-state index contributed by atoms with van der Waals surface area (Å²) in [4.78, 5) is 0. The van der Waals surface area contributed by atoms with Gasteiger partial charge in [0.15, 0.2) is 6.29 Å². The summed E-state index contributed by atoms with van der Waals surface area (Å²) in [7, 11) is 0. The Bertz CT molecular complexity index is 413. The fourth-order valence-electron chi connectivity index (χ4n) is 2.15. The van der Waals surface area contributed by atoms with Crippen molar-refractivity contribution in [1.29, 1.82) is 0 Å². The van der Waals surface area contributed by atoms with Crippen LogP contribution < -0.4 is 0 Å². The van der Waals surface area contributed by atoms with Gasteiger partial charge in [-0.25, -0.2) is 0 Å². The molecule has 0 aliphatic carbocycles. The molecule has 0 saturated carbocycles. The Morgan fingerprint density at radius 2 is 2.20 bits per heavy atom. The van der Waals surface area contributed by atoms with Crippen molar-refractivity contribution in [1.82, 2.24) is 0 Å². The summed E-state index contributed by atoms with van der Waals surface area (Å²) >= 11 is 6.08. The van der Waals surface area contributed by atoms with Crippen molar-refractivity contribution < 1.29 is 19.3 Å². The molecule has 1 heterocycles. The van der Waals surface area contributed by atoms with E-state index in [1.54, 1.807) is 0 Å². The second-order valence-electron chi connectivity index (χ2n) is 4.85. The van der Waals surface area contributed by atoms with Crippen LogP contribution in [-0.2, 0) is 20.8 Å².